The van der Waals surface area contributed by atoms with Crippen LogP contribution in [0.3, 0.4) is 0 Å². The van der Waals surface area contributed by atoms with E-state index in [1.807, 2.05) is 11.6 Å². The summed E-state index contributed by atoms with van der Waals surface area (Å²) < 4.78 is 1.90. The highest BCUT2D eigenvalue weighted by atomic mass is 32.2. The van der Waals surface area contributed by atoms with Crippen molar-refractivity contribution in [2.75, 3.05) is 5.75 Å². The van der Waals surface area contributed by atoms with Gasteiger partial charge in [0.15, 0.2) is 5.16 Å². The van der Waals surface area contributed by atoms with E-state index in [-0.39, 0.29) is 11.7 Å². The largest absolute Gasteiger partial charge is 0.344 e. The van der Waals surface area contributed by atoms with Gasteiger partial charge in [0.05, 0.1) is 5.75 Å². The molecule has 0 bridgehead atoms. The van der Waals surface area contributed by atoms with Crippen molar-refractivity contribution in [1.29, 1.82) is 0 Å². The topological polar surface area (TPSA) is 109 Å². The number of carbonyl (C=O) groups excluding carboxylic acids is 3. The molecule has 1 aliphatic heterocycles. The van der Waals surface area contributed by atoms with Gasteiger partial charge >= 0.3 is 6.03 Å². The van der Waals surface area contributed by atoms with Gasteiger partial charge in [-0.1, -0.05) is 31.0 Å². The third-order valence-corrected chi connectivity index (χ3v) is 6.27. The molecule has 1 aromatic rings. The zero-order valence-corrected chi connectivity index (χ0v) is 15.5. The average molecular weight is 378 g/mol. The van der Waals surface area contributed by atoms with E-state index in [1.54, 1.807) is 0 Å². The molecule has 26 heavy (non-hydrogen) atoms. The smallest absolute Gasteiger partial charge is 0.322 e. The molecule has 140 valence electrons. The molecule has 1 aromatic heterocycles. The Morgan fingerprint density at radius 2 is 2.00 bits per heavy atom. The van der Waals surface area contributed by atoms with Crippen molar-refractivity contribution >= 4 is 29.6 Å². The molecule has 3 fully saturated rings. The molecule has 2 heterocycles. The van der Waals surface area contributed by atoms with E-state index in [0.717, 1.165) is 42.9 Å². The van der Waals surface area contributed by atoms with Crippen LogP contribution in [-0.4, -0.2) is 48.9 Å². The molecule has 1 saturated heterocycles. The SMILES string of the molecule is Cn1c(SCC(=O)NN2C(=O)NC3(CCCCC3)C2=O)nnc1C1CC1. The van der Waals surface area contributed by atoms with Gasteiger partial charge in [0.25, 0.3) is 5.91 Å². The molecule has 0 unspecified atom stereocenters. The Hall–Kier alpha value is -2.10. The van der Waals surface area contributed by atoms with Gasteiger partial charge in [-0.3, -0.25) is 15.0 Å². The van der Waals surface area contributed by atoms with Crippen LogP contribution in [0.15, 0.2) is 5.16 Å². The predicted octanol–water partition coefficient (Wildman–Crippen LogP) is 1.07. The molecule has 2 N–H and O–H groups in total. The fourth-order valence-corrected chi connectivity index (χ4v) is 4.36. The first-order valence-electron chi connectivity index (χ1n) is 8.98. The minimum atomic E-state index is -0.835. The molecule has 2 aliphatic carbocycles. The summed E-state index contributed by atoms with van der Waals surface area (Å²) in [5.41, 5.74) is 1.60. The first kappa shape index (κ1) is 17.3. The van der Waals surface area contributed by atoms with Crippen molar-refractivity contribution in [2.45, 2.75) is 61.6 Å². The van der Waals surface area contributed by atoms with Crippen LogP contribution in [0.4, 0.5) is 4.79 Å². The Bertz CT molecular complexity index is 753. The fourth-order valence-electron chi connectivity index (χ4n) is 3.65. The van der Waals surface area contributed by atoms with Crippen LogP contribution in [0.5, 0.6) is 0 Å². The molecule has 0 aromatic carbocycles. The maximum absolute atomic E-state index is 12.6. The van der Waals surface area contributed by atoms with Gasteiger partial charge in [0, 0.05) is 13.0 Å². The Morgan fingerprint density at radius 3 is 2.69 bits per heavy atom. The van der Waals surface area contributed by atoms with Crippen molar-refractivity contribution in [2.24, 2.45) is 7.05 Å². The number of carbonyl (C=O) groups is 3. The maximum atomic E-state index is 12.6. The molecular weight excluding hydrogens is 356 g/mol. The number of imide groups is 1. The van der Waals surface area contributed by atoms with E-state index in [4.69, 9.17) is 0 Å². The quantitative estimate of drug-likeness (QED) is 0.586. The van der Waals surface area contributed by atoms with Crippen LogP contribution in [-0.2, 0) is 16.6 Å². The fraction of sp³-hybridized carbons (Fsp3) is 0.688. The Kier molecular flexibility index (Phi) is 4.37. The number of rotatable bonds is 5. The van der Waals surface area contributed by atoms with Gasteiger partial charge < -0.3 is 9.88 Å². The van der Waals surface area contributed by atoms with E-state index < -0.39 is 17.5 Å². The highest BCUT2D eigenvalue weighted by Gasteiger charge is 2.52. The lowest BCUT2D eigenvalue weighted by Gasteiger charge is -2.30. The summed E-state index contributed by atoms with van der Waals surface area (Å²) in [5, 5.41) is 12.5. The molecule has 4 amide bonds. The van der Waals surface area contributed by atoms with Gasteiger partial charge in [0.1, 0.15) is 11.4 Å². The highest BCUT2D eigenvalue weighted by molar-refractivity contribution is 7.99. The van der Waals surface area contributed by atoms with Crippen molar-refractivity contribution in [3.8, 4) is 0 Å². The first-order valence-corrected chi connectivity index (χ1v) is 9.97. The van der Waals surface area contributed by atoms with Crippen molar-refractivity contribution in [3.63, 3.8) is 0 Å². The minimum Gasteiger partial charge on any atom is -0.322 e. The second-order valence-corrected chi connectivity index (χ2v) is 8.15. The van der Waals surface area contributed by atoms with Crippen molar-refractivity contribution in [1.82, 2.24) is 30.5 Å². The van der Waals surface area contributed by atoms with Crippen LogP contribution in [0.2, 0.25) is 0 Å². The molecule has 9 nitrogen and oxygen atoms in total. The Morgan fingerprint density at radius 1 is 1.27 bits per heavy atom. The zero-order valence-electron chi connectivity index (χ0n) is 14.7. The van der Waals surface area contributed by atoms with Gasteiger partial charge in [-0.15, -0.1) is 10.2 Å². The van der Waals surface area contributed by atoms with E-state index in [1.165, 1.54) is 11.8 Å². The summed E-state index contributed by atoms with van der Waals surface area (Å²) in [6, 6.07) is -0.551. The second kappa shape index (κ2) is 6.57. The van der Waals surface area contributed by atoms with E-state index in [9.17, 15) is 14.4 Å². The van der Waals surface area contributed by atoms with Gasteiger partial charge in [-0.2, -0.15) is 5.01 Å². The average Bonchev–Trinajstić information content (AvgIpc) is 3.37. The molecule has 1 spiro atoms. The van der Waals surface area contributed by atoms with Crippen LogP contribution in [0.25, 0.3) is 0 Å². The summed E-state index contributed by atoms with van der Waals surface area (Å²) in [6.45, 7) is 0. The molecule has 3 aliphatic rings. The number of nitrogens with one attached hydrogen (secondary N) is 2. The molecule has 0 atom stereocenters. The van der Waals surface area contributed by atoms with Crippen molar-refractivity contribution in [3.05, 3.63) is 5.82 Å². The molecule has 10 heteroatoms. The second-order valence-electron chi connectivity index (χ2n) is 7.21. The third-order valence-electron chi connectivity index (χ3n) is 5.25. The number of aromatic nitrogens is 3. The summed E-state index contributed by atoms with van der Waals surface area (Å²) in [7, 11) is 1.89. The number of urea groups is 1. The molecular formula is C16H22N6O3S. The molecule has 0 radical (unpaired) electrons. The van der Waals surface area contributed by atoms with Crippen LogP contribution < -0.4 is 10.7 Å². The summed E-state index contributed by atoms with van der Waals surface area (Å²) in [4.78, 5) is 37.0. The summed E-state index contributed by atoms with van der Waals surface area (Å²) in [5.74, 6) is 0.716. The number of nitrogens with zero attached hydrogens (tertiary/aromatic N) is 4. The molecule has 4 rings (SSSR count). The van der Waals surface area contributed by atoms with E-state index in [2.05, 4.69) is 20.9 Å². The summed E-state index contributed by atoms with van der Waals surface area (Å²) >= 11 is 1.24. The predicted molar refractivity (Wildman–Crippen MR) is 93.0 cm³/mol. The van der Waals surface area contributed by atoms with Gasteiger partial charge in [-0.25, -0.2) is 4.79 Å². The normalized spacial score (nSPS) is 22.0. The Labute approximate surface area is 155 Å². The number of thioether (sulfide) groups is 1. The number of hydrogen-bond acceptors (Lipinski definition) is 6. The monoisotopic (exact) mass is 378 g/mol. The van der Waals surface area contributed by atoms with Crippen LogP contribution >= 0.6 is 11.8 Å². The minimum absolute atomic E-state index is 0.0562. The lowest BCUT2D eigenvalue weighted by molar-refractivity contribution is -0.139. The summed E-state index contributed by atoms with van der Waals surface area (Å²) in [6.07, 6.45) is 6.38. The van der Waals surface area contributed by atoms with Gasteiger partial charge in [0.2, 0.25) is 5.91 Å². The van der Waals surface area contributed by atoms with Crippen LogP contribution in [0.1, 0.15) is 56.7 Å². The number of amides is 4. The lowest BCUT2D eigenvalue weighted by Crippen LogP contribution is -2.51. The Balaban J connectivity index is 1.34. The van der Waals surface area contributed by atoms with Gasteiger partial charge in [-0.05, 0) is 25.7 Å². The number of hydrazine groups is 1. The number of hydrogen-bond donors (Lipinski definition) is 2. The lowest BCUT2D eigenvalue weighted by atomic mass is 9.82. The van der Waals surface area contributed by atoms with E-state index >= 15 is 0 Å². The van der Waals surface area contributed by atoms with Crippen LogP contribution in [0, 0.1) is 0 Å². The molecule has 2 saturated carbocycles. The first-order chi connectivity index (χ1) is 12.5. The standard InChI is InChI=1S/C16H22N6O3S/c1-21-12(10-5-6-10)18-19-15(21)26-9-11(23)20-22-13(24)16(17-14(22)25)7-3-2-4-8-16/h10H,2-9H2,1H3,(H,17,25)(H,20,23). The third kappa shape index (κ3) is 3.06. The highest BCUT2D eigenvalue weighted by Crippen LogP contribution is 2.39. The van der Waals surface area contributed by atoms with Crippen molar-refractivity contribution < 1.29 is 14.4 Å². The van der Waals surface area contributed by atoms with E-state index in [0.29, 0.717) is 23.9 Å². The maximum Gasteiger partial charge on any atom is 0.344 e. The zero-order chi connectivity index (χ0) is 18.3.